The van der Waals surface area contributed by atoms with Crippen LogP contribution in [-0.2, 0) is 11.3 Å². The van der Waals surface area contributed by atoms with E-state index in [0.29, 0.717) is 36.7 Å². The van der Waals surface area contributed by atoms with E-state index in [1.165, 1.54) is 4.80 Å². The number of benzene rings is 2. The minimum Gasteiger partial charge on any atom is -0.490 e. The highest BCUT2D eigenvalue weighted by Gasteiger charge is 2.31. The Morgan fingerprint density at radius 3 is 2.61 bits per heavy atom. The quantitative estimate of drug-likeness (QED) is 0.632. The van der Waals surface area contributed by atoms with Gasteiger partial charge in [0.1, 0.15) is 6.54 Å². The van der Waals surface area contributed by atoms with E-state index in [0.717, 1.165) is 36.3 Å². The van der Waals surface area contributed by atoms with Crippen LogP contribution in [0.3, 0.4) is 0 Å². The summed E-state index contributed by atoms with van der Waals surface area (Å²) >= 11 is 0. The molecular weight excluding hydrogens is 424 g/mol. The Morgan fingerprint density at radius 2 is 1.82 bits per heavy atom. The first-order chi connectivity index (χ1) is 16.1. The lowest BCUT2D eigenvalue weighted by atomic mass is 10.0. The Hall–Kier alpha value is -3.95. The number of nitrogens with zero attached hydrogens (tertiary/aromatic N) is 5. The van der Waals surface area contributed by atoms with E-state index in [-0.39, 0.29) is 18.5 Å². The largest absolute Gasteiger partial charge is 0.490 e. The number of nitrogens with two attached hydrogens (primary N) is 1. The summed E-state index contributed by atoms with van der Waals surface area (Å²) < 4.78 is 11.5. The topological polar surface area (TPSA) is 125 Å². The zero-order valence-electron chi connectivity index (χ0n) is 18.0. The molecule has 3 heterocycles. The van der Waals surface area contributed by atoms with Crippen LogP contribution in [0.1, 0.15) is 41.2 Å². The van der Waals surface area contributed by atoms with Crippen LogP contribution >= 0.6 is 0 Å². The van der Waals surface area contributed by atoms with Gasteiger partial charge in [-0.1, -0.05) is 18.2 Å². The monoisotopic (exact) mass is 448 g/mol. The van der Waals surface area contributed by atoms with E-state index < -0.39 is 5.91 Å². The van der Waals surface area contributed by atoms with E-state index in [4.69, 9.17) is 15.2 Å². The number of carbonyl (C=O) groups excluding carboxylic acids is 2. The van der Waals surface area contributed by atoms with Gasteiger partial charge >= 0.3 is 0 Å². The maximum atomic E-state index is 13.1. The van der Waals surface area contributed by atoms with Gasteiger partial charge in [-0.25, -0.2) is 0 Å². The third kappa shape index (κ3) is 4.36. The van der Waals surface area contributed by atoms with Crippen LogP contribution in [0.25, 0.3) is 11.4 Å². The standard InChI is InChI=1S/C23H24N6O4/c24-22(31)15-4-6-16(7-5-15)23-25-27-29(26-23)14-21(30)28-10-1-3-18(28)17-8-9-19-20(13-17)33-12-2-11-32-19/h4-9,13,18H,1-3,10-12,14H2,(H2,24,31). The fourth-order valence-corrected chi connectivity index (χ4v) is 4.22. The number of carbonyl (C=O) groups is 2. The summed E-state index contributed by atoms with van der Waals surface area (Å²) in [6.45, 7) is 1.93. The summed E-state index contributed by atoms with van der Waals surface area (Å²) in [4.78, 5) is 27.5. The molecule has 10 heteroatoms. The Kier molecular flexibility index (Phi) is 5.64. The minimum absolute atomic E-state index is 0.00653. The predicted molar refractivity (Wildman–Crippen MR) is 118 cm³/mol. The van der Waals surface area contributed by atoms with Crippen LogP contribution < -0.4 is 15.2 Å². The second kappa shape index (κ2) is 8.89. The van der Waals surface area contributed by atoms with E-state index in [9.17, 15) is 9.59 Å². The normalized spacial score (nSPS) is 17.6. The first-order valence-corrected chi connectivity index (χ1v) is 11.0. The number of likely N-dealkylation sites (tertiary alicyclic amines) is 1. The molecule has 1 atom stereocenters. The highest BCUT2D eigenvalue weighted by atomic mass is 16.5. The van der Waals surface area contributed by atoms with Crippen molar-refractivity contribution in [2.45, 2.75) is 31.8 Å². The Morgan fingerprint density at radius 1 is 1.03 bits per heavy atom. The summed E-state index contributed by atoms with van der Waals surface area (Å²) in [7, 11) is 0. The summed E-state index contributed by atoms with van der Waals surface area (Å²) in [6.07, 6.45) is 2.65. The van der Waals surface area contributed by atoms with Crippen molar-refractivity contribution in [1.29, 1.82) is 0 Å². The number of aromatic nitrogens is 4. The molecule has 33 heavy (non-hydrogen) atoms. The second-order valence-electron chi connectivity index (χ2n) is 8.09. The SMILES string of the molecule is NC(=O)c1ccc(-c2nnn(CC(=O)N3CCCC3c3ccc4c(c3)OCCCO4)n2)cc1. The molecule has 0 bridgehead atoms. The molecular formula is C23H24N6O4. The number of tetrazole rings is 1. The number of ether oxygens (including phenoxy) is 2. The number of hydrogen-bond donors (Lipinski definition) is 1. The first kappa shape index (κ1) is 20.9. The number of primary amides is 1. The molecule has 2 aliphatic heterocycles. The fourth-order valence-electron chi connectivity index (χ4n) is 4.22. The van der Waals surface area contributed by atoms with Gasteiger partial charge in [-0.05, 0) is 47.9 Å². The smallest absolute Gasteiger partial charge is 0.248 e. The first-order valence-electron chi connectivity index (χ1n) is 11.0. The molecule has 0 radical (unpaired) electrons. The van der Waals surface area contributed by atoms with Gasteiger partial charge in [0, 0.05) is 24.1 Å². The van der Waals surface area contributed by atoms with Crippen molar-refractivity contribution < 1.29 is 19.1 Å². The molecule has 2 N–H and O–H groups in total. The third-order valence-electron chi connectivity index (χ3n) is 5.89. The molecule has 5 rings (SSSR count). The van der Waals surface area contributed by atoms with Crippen LogP contribution in [0.5, 0.6) is 11.5 Å². The molecule has 1 aromatic heterocycles. The van der Waals surface area contributed by atoms with Gasteiger partial charge in [-0.15, -0.1) is 10.2 Å². The highest BCUT2D eigenvalue weighted by Crippen LogP contribution is 2.38. The molecule has 2 aliphatic rings. The molecule has 0 spiro atoms. The van der Waals surface area contributed by atoms with Crippen molar-refractivity contribution in [3.8, 4) is 22.9 Å². The van der Waals surface area contributed by atoms with Gasteiger partial charge in [0.05, 0.1) is 19.3 Å². The summed E-state index contributed by atoms with van der Waals surface area (Å²) in [6, 6.07) is 12.5. The molecule has 2 aromatic carbocycles. The molecule has 0 saturated carbocycles. The molecule has 3 aromatic rings. The van der Waals surface area contributed by atoms with Crippen LogP contribution in [0, 0.1) is 0 Å². The van der Waals surface area contributed by atoms with Crippen molar-refractivity contribution in [3.63, 3.8) is 0 Å². The van der Waals surface area contributed by atoms with Crippen LogP contribution in [0.15, 0.2) is 42.5 Å². The summed E-state index contributed by atoms with van der Waals surface area (Å²) in [5, 5.41) is 12.4. The number of fused-ring (bicyclic) bond motifs is 1. The zero-order valence-corrected chi connectivity index (χ0v) is 18.0. The average molecular weight is 448 g/mol. The van der Waals surface area contributed by atoms with Gasteiger partial charge in [0.2, 0.25) is 17.6 Å². The lowest BCUT2D eigenvalue weighted by Crippen LogP contribution is -2.34. The Labute approximate surface area is 190 Å². The highest BCUT2D eigenvalue weighted by molar-refractivity contribution is 5.93. The average Bonchev–Trinajstić information content (AvgIpc) is 3.44. The van der Waals surface area contributed by atoms with Crippen molar-refractivity contribution in [1.82, 2.24) is 25.1 Å². The number of hydrogen-bond acceptors (Lipinski definition) is 7. The molecule has 1 saturated heterocycles. The van der Waals surface area contributed by atoms with Gasteiger partial charge in [0.25, 0.3) is 0 Å². The molecule has 0 aliphatic carbocycles. The fraction of sp³-hybridized carbons (Fsp3) is 0.348. The van der Waals surface area contributed by atoms with Gasteiger partial charge in [0.15, 0.2) is 11.5 Å². The van der Waals surface area contributed by atoms with E-state index >= 15 is 0 Å². The van der Waals surface area contributed by atoms with Crippen molar-refractivity contribution in [3.05, 3.63) is 53.6 Å². The van der Waals surface area contributed by atoms with Crippen LogP contribution in [-0.4, -0.2) is 56.7 Å². The van der Waals surface area contributed by atoms with E-state index in [2.05, 4.69) is 15.4 Å². The number of rotatable bonds is 5. The molecule has 170 valence electrons. The maximum absolute atomic E-state index is 13.1. The summed E-state index contributed by atoms with van der Waals surface area (Å²) in [5.41, 5.74) is 7.39. The minimum atomic E-state index is -0.502. The molecule has 1 fully saturated rings. The van der Waals surface area contributed by atoms with Crippen molar-refractivity contribution >= 4 is 11.8 Å². The van der Waals surface area contributed by atoms with E-state index in [1.54, 1.807) is 24.3 Å². The van der Waals surface area contributed by atoms with Crippen LogP contribution in [0.4, 0.5) is 0 Å². The molecule has 1 unspecified atom stereocenters. The Bertz CT molecular complexity index is 1180. The molecule has 10 nitrogen and oxygen atoms in total. The molecule has 2 amide bonds. The zero-order chi connectivity index (χ0) is 22.8. The van der Waals surface area contributed by atoms with Crippen molar-refractivity contribution in [2.24, 2.45) is 5.73 Å². The lowest BCUT2D eigenvalue weighted by Gasteiger charge is -2.25. The van der Waals surface area contributed by atoms with Crippen molar-refractivity contribution in [2.75, 3.05) is 19.8 Å². The third-order valence-corrected chi connectivity index (χ3v) is 5.89. The van der Waals surface area contributed by atoms with E-state index in [1.807, 2.05) is 23.1 Å². The maximum Gasteiger partial charge on any atom is 0.248 e. The van der Waals surface area contributed by atoms with Gasteiger partial charge in [-0.2, -0.15) is 4.80 Å². The number of amides is 2. The lowest BCUT2D eigenvalue weighted by molar-refractivity contribution is -0.133. The Balaban J connectivity index is 1.29. The van der Waals surface area contributed by atoms with Crippen LogP contribution in [0.2, 0.25) is 0 Å². The predicted octanol–water partition coefficient (Wildman–Crippen LogP) is 1.96. The second-order valence-corrected chi connectivity index (χ2v) is 8.09. The van der Waals surface area contributed by atoms with Gasteiger partial charge in [-0.3, -0.25) is 9.59 Å². The summed E-state index contributed by atoms with van der Waals surface area (Å²) in [5.74, 6) is 1.28. The van der Waals surface area contributed by atoms with Gasteiger partial charge < -0.3 is 20.1 Å².